The van der Waals surface area contributed by atoms with E-state index in [4.69, 9.17) is 9.26 Å². The van der Waals surface area contributed by atoms with Crippen LogP contribution in [0.2, 0.25) is 0 Å². The van der Waals surface area contributed by atoms with Crippen LogP contribution in [0.15, 0.2) is 47.1 Å². The second-order valence-corrected chi connectivity index (χ2v) is 7.74. The van der Waals surface area contributed by atoms with Crippen molar-refractivity contribution in [3.8, 4) is 5.75 Å². The molecule has 3 heterocycles. The number of hydrogen-bond acceptors (Lipinski definition) is 6. The van der Waals surface area contributed by atoms with E-state index in [0.717, 1.165) is 36.4 Å². The van der Waals surface area contributed by atoms with Gasteiger partial charge >= 0.3 is 0 Å². The van der Waals surface area contributed by atoms with Gasteiger partial charge in [0.1, 0.15) is 5.75 Å². The summed E-state index contributed by atoms with van der Waals surface area (Å²) in [6.07, 6.45) is 4.05. The minimum Gasteiger partial charge on any atom is -0.493 e. The van der Waals surface area contributed by atoms with E-state index >= 15 is 0 Å². The van der Waals surface area contributed by atoms with Crippen LogP contribution >= 0.6 is 0 Å². The molecule has 1 atom stereocenters. The predicted octanol–water partition coefficient (Wildman–Crippen LogP) is 3.72. The summed E-state index contributed by atoms with van der Waals surface area (Å²) in [6.45, 7) is 5.73. The molecule has 1 fully saturated rings. The van der Waals surface area contributed by atoms with Gasteiger partial charge in [0.25, 0.3) is 5.91 Å². The normalized spacial score (nSPS) is 16.5. The van der Waals surface area contributed by atoms with E-state index in [1.165, 1.54) is 0 Å². The van der Waals surface area contributed by atoms with Crippen molar-refractivity contribution in [2.45, 2.75) is 39.0 Å². The largest absolute Gasteiger partial charge is 0.493 e. The molecule has 3 aromatic rings. The van der Waals surface area contributed by atoms with Gasteiger partial charge in [-0.3, -0.25) is 9.78 Å². The Morgan fingerprint density at radius 3 is 2.97 bits per heavy atom. The fourth-order valence-corrected chi connectivity index (χ4v) is 3.64. The molecular weight excluding hydrogens is 380 g/mol. The lowest BCUT2D eigenvalue weighted by Crippen LogP contribution is -2.39. The van der Waals surface area contributed by atoms with Crippen LogP contribution in [-0.4, -0.2) is 45.6 Å². The zero-order valence-corrected chi connectivity index (χ0v) is 17.4. The maximum atomic E-state index is 12.8. The summed E-state index contributed by atoms with van der Waals surface area (Å²) in [5.41, 5.74) is 2.67. The summed E-state index contributed by atoms with van der Waals surface area (Å²) in [4.78, 5) is 23.4. The highest BCUT2D eigenvalue weighted by molar-refractivity contribution is 5.94. The van der Waals surface area contributed by atoms with Gasteiger partial charge < -0.3 is 14.2 Å². The molecule has 0 saturated carbocycles. The summed E-state index contributed by atoms with van der Waals surface area (Å²) in [5, 5.41) is 4.10. The van der Waals surface area contributed by atoms with Crippen LogP contribution < -0.4 is 4.74 Å². The molecule has 4 rings (SSSR count). The first-order chi connectivity index (χ1) is 14.6. The lowest BCUT2D eigenvalue weighted by molar-refractivity contribution is 0.0695. The van der Waals surface area contributed by atoms with Crippen molar-refractivity contribution in [1.29, 1.82) is 0 Å². The van der Waals surface area contributed by atoms with E-state index in [2.05, 4.69) is 15.1 Å². The Kier molecular flexibility index (Phi) is 6.07. The number of amides is 1. The van der Waals surface area contributed by atoms with E-state index in [1.807, 2.05) is 55.1 Å². The maximum Gasteiger partial charge on any atom is 0.255 e. The van der Waals surface area contributed by atoms with Crippen molar-refractivity contribution in [1.82, 2.24) is 20.0 Å². The number of ether oxygens (including phenoxy) is 1. The third kappa shape index (κ3) is 4.84. The van der Waals surface area contributed by atoms with Gasteiger partial charge in [0.2, 0.25) is 5.89 Å². The summed E-state index contributed by atoms with van der Waals surface area (Å²) < 4.78 is 11.3. The van der Waals surface area contributed by atoms with Gasteiger partial charge in [-0.2, -0.15) is 4.98 Å². The molecule has 30 heavy (non-hydrogen) atoms. The third-order valence-corrected chi connectivity index (χ3v) is 5.28. The molecule has 0 radical (unpaired) electrons. The van der Waals surface area contributed by atoms with Crippen LogP contribution in [0.4, 0.5) is 0 Å². The van der Waals surface area contributed by atoms with Gasteiger partial charge in [-0.05, 0) is 56.5 Å². The highest BCUT2D eigenvalue weighted by atomic mass is 16.5. The Balaban J connectivity index is 1.33. The molecule has 1 amide bonds. The molecule has 156 valence electrons. The maximum absolute atomic E-state index is 12.8. The number of benzene rings is 1. The fraction of sp³-hybridized carbons (Fsp3) is 0.391. The first kappa shape index (κ1) is 20.1. The van der Waals surface area contributed by atoms with Crippen molar-refractivity contribution in [3.63, 3.8) is 0 Å². The number of hydrogen-bond donors (Lipinski definition) is 0. The molecule has 1 unspecified atom stereocenters. The van der Waals surface area contributed by atoms with Crippen LogP contribution in [0.3, 0.4) is 0 Å². The average Bonchev–Trinajstić information content (AvgIpc) is 3.23. The summed E-state index contributed by atoms with van der Waals surface area (Å²) >= 11 is 0. The Labute approximate surface area is 176 Å². The van der Waals surface area contributed by atoms with Gasteiger partial charge in [0, 0.05) is 31.4 Å². The summed E-state index contributed by atoms with van der Waals surface area (Å²) in [5.74, 6) is 2.12. The zero-order chi connectivity index (χ0) is 20.9. The highest BCUT2D eigenvalue weighted by Crippen LogP contribution is 2.26. The fourth-order valence-electron chi connectivity index (χ4n) is 3.64. The van der Waals surface area contributed by atoms with Crippen LogP contribution in [0.5, 0.6) is 5.75 Å². The molecule has 1 saturated heterocycles. The van der Waals surface area contributed by atoms with Crippen molar-refractivity contribution in [2.24, 2.45) is 0 Å². The number of pyridine rings is 1. The van der Waals surface area contributed by atoms with E-state index in [0.29, 0.717) is 36.9 Å². The second-order valence-electron chi connectivity index (χ2n) is 7.74. The van der Waals surface area contributed by atoms with Gasteiger partial charge in [-0.25, -0.2) is 0 Å². The van der Waals surface area contributed by atoms with E-state index in [-0.39, 0.29) is 11.8 Å². The quantitative estimate of drug-likeness (QED) is 0.621. The number of piperidine rings is 1. The first-order valence-electron chi connectivity index (χ1n) is 10.3. The van der Waals surface area contributed by atoms with Crippen molar-refractivity contribution in [2.75, 3.05) is 19.7 Å². The summed E-state index contributed by atoms with van der Waals surface area (Å²) in [7, 11) is 0. The summed E-state index contributed by atoms with van der Waals surface area (Å²) in [6, 6.07) is 11.6. The predicted molar refractivity (Wildman–Crippen MR) is 112 cm³/mol. The average molecular weight is 406 g/mol. The number of likely N-dealkylation sites (tertiary alicyclic amines) is 1. The molecule has 0 N–H and O–H groups in total. The number of nitrogens with zero attached hydrogens (tertiary/aromatic N) is 4. The minimum atomic E-state index is -0.00140. The third-order valence-electron chi connectivity index (χ3n) is 5.28. The Morgan fingerprint density at radius 2 is 2.17 bits per heavy atom. The van der Waals surface area contributed by atoms with Crippen molar-refractivity contribution in [3.05, 3.63) is 71.1 Å². The topological polar surface area (TPSA) is 81.4 Å². The van der Waals surface area contributed by atoms with E-state index < -0.39 is 0 Å². The number of aryl methyl sites for hydroxylation is 2. The monoisotopic (exact) mass is 406 g/mol. The van der Waals surface area contributed by atoms with Gasteiger partial charge in [-0.15, -0.1) is 0 Å². The first-order valence-corrected chi connectivity index (χ1v) is 10.3. The number of carbonyl (C=O) groups excluding carboxylic acids is 1. The van der Waals surface area contributed by atoms with Crippen LogP contribution in [0, 0.1) is 13.8 Å². The number of aromatic nitrogens is 3. The van der Waals surface area contributed by atoms with Gasteiger partial charge in [0.15, 0.2) is 5.82 Å². The molecule has 0 aliphatic carbocycles. The van der Waals surface area contributed by atoms with Gasteiger partial charge in [0.05, 0.1) is 18.1 Å². The van der Waals surface area contributed by atoms with Gasteiger partial charge in [-0.1, -0.05) is 17.3 Å². The smallest absolute Gasteiger partial charge is 0.255 e. The molecule has 0 bridgehead atoms. The van der Waals surface area contributed by atoms with E-state index in [9.17, 15) is 4.79 Å². The zero-order valence-electron chi connectivity index (χ0n) is 17.4. The molecule has 1 aliphatic rings. The molecule has 1 aromatic carbocycles. The Bertz CT molecular complexity index is 1000. The lowest BCUT2D eigenvalue weighted by Gasteiger charge is -2.31. The Morgan fingerprint density at radius 1 is 1.27 bits per heavy atom. The molecular formula is C23H26N4O3. The van der Waals surface area contributed by atoms with Crippen LogP contribution in [0.1, 0.15) is 52.1 Å². The van der Waals surface area contributed by atoms with Crippen molar-refractivity contribution < 1.29 is 14.1 Å². The standard InChI is InChI=1S/C23H26N4O3/c1-16-5-3-7-20(13-16)29-12-10-21-25-22(30-26-21)19-6-4-11-27(15-19)23(28)18-9-8-17(2)24-14-18/h3,5,7-9,13-14,19H,4,6,10-12,15H2,1-2H3. The lowest BCUT2D eigenvalue weighted by atomic mass is 9.97. The van der Waals surface area contributed by atoms with Crippen molar-refractivity contribution >= 4 is 5.91 Å². The molecule has 0 spiro atoms. The molecule has 7 heteroatoms. The SMILES string of the molecule is Cc1cccc(OCCc2noc(C3CCCN(C(=O)c4ccc(C)nc4)C3)n2)c1. The number of carbonyl (C=O) groups is 1. The molecule has 1 aliphatic heterocycles. The van der Waals surface area contributed by atoms with Crippen LogP contribution in [0.25, 0.3) is 0 Å². The second kappa shape index (κ2) is 9.07. The Hall–Kier alpha value is -3.22. The number of rotatable bonds is 6. The van der Waals surface area contributed by atoms with Crippen LogP contribution in [-0.2, 0) is 6.42 Å². The van der Waals surface area contributed by atoms with E-state index in [1.54, 1.807) is 6.20 Å². The highest BCUT2D eigenvalue weighted by Gasteiger charge is 2.29. The molecule has 7 nitrogen and oxygen atoms in total. The molecule has 2 aromatic heterocycles. The minimum absolute atomic E-state index is 0.00140.